The molecular weight excluding hydrogens is 460 g/mol. The fraction of sp³-hybridized carbons (Fsp3) is 0.167. The molecular formula is C24H20N2O5S2. The normalized spacial score (nSPS) is 13.1. The van der Waals surface area contributed by atoms with Crippen molar-refractivity contribution in [1.29, 1.82) is 0 Å². The second-order valence-electron chi connectivity index (χ2n) is 7.52. The summed E-state index contributed by atoms with van der Waals surface area (Å²) in [5.74, 6) is 0.191. The summed E-state index contributed by atoms with van der Waals surface area (Å²) in [6, 6.07) is 18.6. The fourth-order valence-electron chi connectivity index (χ4n) is 3.56. The second-order valence-corrected chi connectivity index (χ2v) is 10.5. The largest absolute Gasteiger partial charge is 0.486 e. The highest BCUT2D eigenvalue weighted by Gasteiger charge is 2.21. The van der Waals surface area contributed by atoms with Crippen LogP contribution in [-0.2, 0) is 14.6 Å². The number of fused-ring (bicyclic) bond motifs is 2. The van der Waals surface area contributed by atoms with Crippen LogP contribution in [0.25, 0.3) is 22.0 Å². The fourth-order valence-corrected chi connectivity index (χ4v) is 5.54. The van der Waals surface area contributed by atoms with Crippen LogP contribution in [0.4, 0.5) is 5.13 Å². The van der Waals surface area contributed by atoms with E-state index in [-0.39, 0.29) is 17.1 Å². The molecule has 0 unspecified atom stereocenters. The number of benzene rings is 3. The summed E-state index contributed by atoms with van der Waals surface area (Å²) in [5.41, 5.74) is 1.71. The summed E-state index contributed by atoms with van der Waals surface area (Å²) in [5, 5.41) is 7.25. The quantitative estimate of drug-likeness (QED) is 0.436. The highest BCUT2D eigenvalue weighted by molar-refractivity contribution is 7.91. The third kappa shape index (κ3) is 4.69. The Bertz CT molecular complexity index is 1450. The van der Waals surface area contributed by atoms with E-state index in [9.17, 15) is 13.2 Å². The molecule has 7 nitrogen and oxygen atoms in total. The molecule has 1 aliphatic rings. The van der Waals surface area contributed by atoms with Gasteiger partial charge in [-0.3, -0.25) is 4.79 Å². The van der Waals surface area contributed by atoms with Gasteiger partial charge in [0, 0.05) is 23.4 Å². The van der Waals surface area contributed by atoms with Gasteiger partial charge in [0.25, 0.3) is 0 Å². The smallest absolute Gasteiger partial charge is 0.227 e. The van der Waals surface area contributed by atoms with Gasteiger partial charge in [-0.25, -0.2) is 13.4 Å². The van der Waals surface area contributed by atoms with Crippen molar-refractivity contribution >= 4 is 43.0 Å². The zero-order valence-corrected chi connectivity index (χ0v) is 19.1. The van der Waals surface area contributed by atoms with Crippen LogP contribution in [0.5, 0.6) is 11.5 Å². The molecule has 3 aromatic carbocycles. The maximum atomic E-state index is 12.7. The van der Waals surface area contributed by atoms with Crippen molar-refractivity contribution in [2.24, 2.45) is 0 Å². The molecule has 9 heteroatoms. The topological polar surface area (TPSA) is 94.6 Å². The Morgan fingerprint density at radius 2 is 1.76 bits per heavy atom. The maximum Gasteiger partial charge on any atom is 0.227 e. The molecule has 0 saturated carbocycles. The number of rotatable bonds is 6. The van der Waals surface area contributed by atoms with Gasteiger partial charge in [0.2, 0.25) is 5.91 Å². The minimum atomic E-state index is -3.65. The van der Waals surface area contributed by atoms with Crippen molar-refractivity contribution in [2.75, 3.05) is 24.3 Å². The lowest BCUT2D eigenvalue weighted by Gasteiger charge is -2.18. The molecule has 168 valence electrons. The number of hydrogen-bond donors (Lipinski definition) is 1. The maximum absolute atomic E-state index is 12.7. The number of hydrogen-bond acceptors (Lipinski definition) is 7. The van der Waals surface area contributed by atoms with Crippen molar-refractivity contribution in [3.8, 4) is 22.8 Å². The standard InChI is InChI=1S/C24H20N2O5S2/c27-23(9-12-33(28,29)19-7-8-21-22(14-19)31-11-10-30-21)26-24-25-20(15-32-24)18-6-5-16-3-1-2-4-17(16)13-18/h1-8,13-15H,9-12H2,(H,25,26,27). The highest BCUT2D eigenvalue weighted by atomic mass is 32.2. The first-order chi connectivity index (χ1) is 16.0. The average Bonchev–Trinajstić information content (AvgIpc) is 3.30. The number of thiazole rings is 1. The lowest BCUT2D eigenvalue weighted by molar-refractivity contribution is -0.115. The third-order valence-electron chi connectivity index (χ3n) is 5.27. The van der Waals surface area contributed by atoms with Crippen molar-refractivity contribution in [1.82, 2.24) is 4.98 Å². The molecule has 5 rings (SSSR count). The van der Waals surface area contributed by atoms with Crippen LogP contribution in [0.15, 0.2) is 70.9 Å². The summed E-state index contributed by atoms with van der Waals surface area (Å²) in [6.45, 7) is 0.798. The number of amides is 1. The SMILES string of the molecule is O=C(CCS(=O)(=O)c1ccc2c(c1)OCCO2)Nc1nc(-c2ccc3ccccc3c2)cs1. The summed E-state index contributed by atoms with van der Waals surface area (Å²) in [4.78, 5) is 17.0. The van der Waals surface area contributed by atoms with E-state index in [2.05, 4.69) is 16.4 Å². The zero-order valence-electron chi connectivity index (χ0n) is 17.5. The molecule has 0 radical (unpaired) electrons. The van der Waals surface area contributed by atoms with Crippen molar-refractivity contribution in [3.05, 3.63) is 66.0 Å². The van der Waals surface area contributed by atoms with Gasteiger partial charge >= 0.3 is 0 Å². The first-order valence-electron chi connectivity index (χ1n) is 10.3. The third-order valence-corrected chi connectivity index (χ3v) is 7.74. The van der Waals surface area contributed by atoms with E-state index in [1.165, 1.54) is 23.5 Å². The van der Waals surface area contributed by atoms with Gasteiger partial charge in [-0.15, -0.1) is 11.3 Å². The number of carbonyl (C=O) groups excluding carboxylic acids is 1. The summed E-state index contributed by atoms with van der Waals surface area (Å²) in [6.07, 6.45) is -0.179. The van der Waals surface area contributed by atoms with E-state index in [1.54, 1.807) is 6.07 Å². The summed E-state index contributed by atoms with van der Waals surface area (Å²) in [7, 11) is -3.65. The summed E-state index contributed by atoms with van der Waals surface area (Å²) >= 11 is 1.30. The Morgan fingerprint density at radius 1 is 0.970 bits per heavy atom. The molecule has 1 aliphatic heterocycles. The predicted octanol–water partition coefficient (Wildman–Crippen LogP) is 4.54. The number of carbonyl (C=O) groups is 1. The van der Waals surface area contributed by atoms with E-state index in [1.807, 2.05) is 41.8 Å². The predicted molar refractivity (Wildman–Crippen MR) is 128 cm³/mol. The van der Waals surface area contributed by atoms with E-state index in [0.29, 0.717) is 29.8 Å². The number of sulfone groups is 1. The van der Waals surface area contributed by atoms with Crippen molar-refractivity contribution < 1.29 is 22.7 Å². The monoisotopic (exact) mass is 480 g/mol. The van der Waals surface area contributed by atoms with E-state index in [4.69, 9.17) is 9.47 Å². The molecule has 0 spiro atoms. The minimum absolute atomic E-state index is 0.104. The molecule has 4 aromatic rings. The van der Waals surface area contributed by atoms with Gasteiger partial charge in [0.15, 0.2) is 26.5 Å². The molecule has 0 aliphatic carbocycles. The van der Waals surface area contributed by atoms with Gasteiger partial charge in [0.05, 0.1) is 16.3 Å². The number of ether oxygens (including phenoxy) is 2. The lowest BCUT2D eigenvalue weighted by Crippen LogP contribution is -2.18. The molecule has 1 amide bonds. The second kappa shape index (κ2) is 8.84. The Morgan fingerprint density at radius 3 is 2.61 bits per heavy atom. The highest BCUT2D eigenvalue weighted by Crippen LogP contribution is 2.33. The Hall–Kier alpha value is -3.43. The number of aromatic nitrogens is 1. The van der Waals surface area contributed by atoms with Crippen LogP contribution in [-0.4, -0.2) is 38.3 Å². The van der Waals surface area contributed by atoms with Crippen molar-refractivity contribution in [3.63, 3.8) is 0 Å². The Balaban J connectivity index is 1.23. The van der Waals surface area contributed by atoms with Gasteiger partial charge in [0.1, 0.15) is 13.2 Å². The number of nitrogens with zero attached hydrogens (tertiary/aromatic N) is 1. The van der Waals surface area contributed by atoms with Gasteiger partial charge in [-0.2, -0.15) is 0 Å². The molecule has 33 heavy (non-hydrogen) atoms. The van der Waals surface area contributed by atoms with Crippen LogP contribution < -0.4 is 14.8 Å². The first-order valence-corrected chi connectivity index (χ1v) is 12.9. The average molecular weight is 481 g/mol. The van der Waals surface area contributed by atoms with Crippen LogP contribution in [0.2, 0.25) is 0 Å². The van der Waals surface area contributed by atoms with Gasteiger partial charge in [-0.05, 0) is 29.0 Å². The molecule has 1 aromatic heterocycles. The lowest BCUT2D eigenvalue weighted by atomic mass is 10.1. The summed E-state index contributed by atoms with van der Waals surface area (Å²) < 4.78 is 36.2. The Kier molecular flexibility index (Phi) is 5.74. The van der Waals surface area contributed by atoms with Crippen LogP contribution >= 0.6 is 11.3 Å². The minimum Gasteiger partial charge on any atom is -0.486 e. The van der Waals surface area contributed by atoms with Gasteiger partial charge in [-0.1, -0.05) is 36.4 Å². The van der Waals surface area contributed by atoms with E-state index >= 15 is 0 Å². The molecule has 0 bridgehead atoms. The molecule has 1 N–H and O–H groups in total. The van der Waals surface area contributed by atoms with Crippen LogP contribution in [0.1, 0.15) is 6.42 Å². The molecule has 0 atom stereocenters. The molecule has 2 heterocycles. The first kappa shape index (κ1) is 21.4. The van der Waals surface area contributed by atoms with Crippen LogP contribution in [0, 0.1) is 0 Å². The van der Waals surface area contributed by atoms with Gasteiger partial charge < -0.3 is 14.8 Å². The van der Waals surface area contributed by atoms with E-state index in [0.717, 1.165) is 22.0 Å². The number of anilines is 1. The van der Waals surface area contributed by atoms with Crippen LogP contribution in [0.3, 0.4) is 0 Å². The Labute approximate surface area is 194 Å². The molecule has 0 fully saturated rings. The molecule has 0 saturated heterocycles. The number of nitrogens with one attached hydrogen (secondary N) is 1. The van der Waals surface area contributed by atoms with E-state index < -0.39 is 15.7 Å². The van der Waals surface area contributed by atoms with Crippen molar-refractivity contribution in [2.45, 2.75) is 11.3 Å². The zero-order chi connectivity index (χ0) is 22.8.